The molecule has 2 N–H and O–H groups in total. The lowest BCUT2D eigenvalue weighted by atomic mass is 10.2. The van der Waals surface area contributed by atoms with Crippen LogP contribution in [0.5, 0.6) is 5.75 Å². The number of nitrogens with one attached hydrogen (secondary N) is 2. The number of non-ortho nitro benzene ring substituents is 1. The van der Waals surface area contributed by atoms with E-state index >= 15 is 0 Å². The van der Waals surface area contributed by atoms with Crippen molar-refractivity contribution in [3.8, 4) is 5.75 Å². The third-order valence-electron chi connectivity index (χ3n) is 6.07. The number of anilines is 3. The SMILES string of the molecule is COc1ccc(NC2=C(Sc3cccc(NC(=O)c4ccc([N+](=O)[O-])cc4)c3)C(=O)N(c3ccccc3)C2=O)cc1. The minimum absolute atomic E-state index is 0.118. The fraction of sp³-hybridized carbons (Fsp3) is 0.0333. The highest BCUT2D eigenvalue weighted by atomic mass is 32.2. The molecule has 204 valence electrons. The molecule has 0 aromatic heterocycles. The lowest BCUT2D eigenvalue weighted by Crippen LogP contribution is -2.32. The summed E-state index contributed by atoms with van der Waals surface area (Å²) in [5, 5.41) is 16.7. The molecule has 0 saturated heterocycles. The smallest absolute Gasteiger partial charge is 0.283 e. The molecule has 0 saturated carbocycles. The molecule has 5 rings (SSSR count). The van der Waals surface area contributed by atoms with Crippen molar-refractivity contribution in [1.29, 1.82) is 0 Å². The number of rotatable bonds is 9. The molecule has 41 heavy (non-hydrogen) atoms. The average molecular weight is 567 g/mol. The first kappa shape index (κ1) is 27.2. The summed E-state index contributed by atoms with van der Waals surface area (Å²) in [5.41, 5.74) is 1.73. The number of ether oxygens (including phenoxy) is 1. The van der Waals surface area contributed by atoms with E-state index in [9.17, 15) is 24.5 Å². The Bertz CT molecular complexity index is 1670. The van der Waals surface area contributed by atoms with Crippen LogP contribution in [0.15, 0.2) is 119 Å². The van der Waals surface area contributed by atoms with Crippen LogP contribution in [0.4, 0.5) is 22.7 Å². The summed E-state index contributed by atoms with van der Waals surface area (Å²) >= 11 is 1.09. The van der Waals surface area contributed by atoms with Crippen LogP contribution in [0, 0.1) is 10.1 Å². The van der Waals surface area contributed by atoms with Gasteiger partial charge >= 0.3 is 0 Å². The molecule has 0 atom stereocenters. The number of hydrogen-bond donors (Lipinski definition) is 2. The topological polar surface area (TPSA) is 131 Å². The standard InChI is InChI=1S/C30H22N4O6S/c1-40-24-16-12-20(13-17-24)31-26-27(30(37)33(29(26)36)22-7-3-2-4-8-22)41-25-9-5-6-21(18-25)32-28(35)19-10-14-23(15-11-19)34(38)39/h2-18,31H,1H3,(H,32,35). The summed E-state index contributed by atoms with van der Waals surface area (Å²) in [5.74, 6) is -0.790. The lowest BCUT2D eigenvalue weighted by molar-refractivity contribution is -0.384. The van der Waals surface area contributed by atoms with E-state index in [2.05, 4.69) is 10.6 Å². The van der Waals surface area contributed by atoms with Gasteiger partial charge in [-0.1, -0.05) is 36.0 Å². The molecule has 1 aliphatic rings. The normalized spacial score (nSPS) is 12.9. The molecule has 0 aliphatic carbocycles. The van der Waals surface area contributed by atoms with Crippen LogP contribution in [0.1, 0.15) is 10.4 Å². The Hall–Kier alpha value is -5.42. The highest BCUT2D eigenvalue weighted by molar-refractivity contribution is 8.04. The van der Waals surface area contributed by atoms with E-state index in [1.165, 1.54) is 24.3 Å². The molecule has 4 aromatic carbocycles. The number of nitrogens with zero attached hydrogens (tertiary/aromatic N) is 2. The van der Waals surface area contributed by atoms with Crippen molar-refractivity contribution in [1.82, 2.24) is 0 Å². The van der Waals surface area contributed by atoms with Crippen LogP contribution in [-0.4, -0.2) is 29.8 Å². The van der Waals surface area contributed by atoms with Crippen molar-refractivity contribution in [2.75, 3.05) is 22.6 Å². The number of thioether (sulfide) groups is 1. The fourth-order valence-corrected chi connectivity index (χ4v) is 5.02. The number of nitro benzene ring substituents is 1. The van der Waals surface area contributed by atoms with Gasteiger partial charge in [-0.05, 0) is 66.7 Å². The third-order valence-corrected chi connectivity index (χ3v) is 7.14. The number of methoxy groups -OCH3 is 1. The van der Waals surface area contributed by atoms with Crippen molar-refractivity contribution in [2.45, 2.75) is 4.90 Å². The van der Waals surface area contributed by atoms with Crippen LogP contribution in [-0.2, 0) is 9.59 Å². The van der Waals surface area contributed by atoms with E-state index in [0.717, 1.165) is 16.7 Å². The van der Waals surface area contributed by atoms with E-state index in [4.69, 9.17) is 4.74 Å². The molecule has 3 amide bonds. The van der Waals surface area contributed by atoms with Gasteiger partial charge in [0.2, 0.25) is 0 Å². The third kappa shape index (κ3) is 5.94. The maximum absolute atomic E-state index is 13.6. The second kappa shape index (κ2) is 11.8. The van der Waals surface area contributed by atoms with Crippen LogP contribution < -0.4 is 20.3 Å². The Morgan fingerprint density at radius 3 is 2.22 bits per heavy atom. The molecular formula is C30H22N4O6S. The van der Waals surface area contributed by atoms with Gasteiger partial charge in [0, 0.05) is 34.0 Å². The molecule has 0 bridgehead atoms. The highest BCUT2D eigenvalue weighted by Gasteiger charge is 2.40. The fourth-order valence-electron chi connectivity index (χ4n) is 4.04. The number of hydrogen-bond acceptors (Lipinski definition) is 8. The molecule has 0 radical (unpaired) electrons. The Balaban J connectivity index is 1.42. The lowest BCUT2D eigenvalue weighted by Gasteiger charge is -2.15. The highest BCUT2D eigenvalue weighted by Crippen LogP contribution is 2.38. The zero-order chi connectivity index (χ0) is 28.9. The Morgan fingerprint density at radius 2 is 1.56 bits per heavy atom. The molecule has 4 aromatic rings. The molecule has 11 heteroatoms. The first-order valence-corrected chi connectivity index (χ1v) is 13.1. The van der Waals surface area contributed by atoms with Crippen LogP contribution in [0.25, 0.3) is 0 Å². The number of carbonyl (C=O) groups is 3. The number of carbonyl (C=O) groups excluding carboxylic acids is 3. The van der Waals surface area contributed by atoms with Gasteiger partial charge in [-0.3, -0.25) is 24.5 Å². The monoisotopic (exact) mass is 566 g/mol. The number of imide groups is 1. The summed E-state index contributed by atoms with van der Waals surface area (Å²) in [6, 6.07) is 27.7. The van der Waals surface area contributed by atoms with Gasteiger partial charge in [-0.15, -0.1) is 0 Å². The zero-order valence-corrected chi connectivity index (χ0v) is 22.4. The summed E-state index contributed by atoms with van der Waals surface area (Å²) < 4.78 is 5.20. The van der Waals surface area contributed by atoms with Crippen LogP contribution in [0.3, 0.4) is 0 Å². The molecule has 10 nitrogen and oxygen atoms in total. The molecule has 0 fully saturated rings. The summed E-state index contributed by atoms with van der Waals surface area (Å²) in [4.78, 5) is 52.1. The molecule has 1 heterocycles. The maximum Gasteiger partial charge on any atom is 0.283 e. The van der Waals surface area contributed by atoms with Crippen molar-refractivity contribution in [2.24, 2.45) is 0 Å². The van der Waals surface area contributed by atoms with Gasteiger partial charge in [-0.2, -0.15) is 0 Å². The molecule has 0 spiro atoms. The number of amides is 3. The minimum atomic E-state index is -0.539. The van der Waals surface area contributed by atoms with Gasteiger partial charge in [0.15, 0.2) is 0 Å². The summed E-state index contributed by atoms with van der Waals surface area (Å²) in [7, 11) is 1.55. The van der Waals surface area contributed by atoms with E-state index in [-0.39, 0.29) is 21.9 Å². The van der Waals surface area contributed by atoms with E-state index in [0.29, 0.717) is 27.7 Å². The first-order chi connectivity index (χ1) is 19.8. The quantitative estimate of drug-likeness (QED) is 0.147. The van der Waals surface area contributed by atoms with Gasteiger partial charge < -0.3 is 15.4 Å². The van der Waals surface area contributed by atoms with Gasteiger partial charge in [-0.25, -0.2) is 4.90 Å². The Labute approximate surface area is 238 Å². The second-order valence-electron chi connectivity index (χ2n) is 8.73. The predicted octanol–water partition coefficient (Wildman–Crippen LogP) is 5.84. The predicted molar refractivity (Wildman–Crippen MR) is 156 cm³/mol. The van der Waals surface area contributed by atoms with Gasteiger partial charge in [0.05, 0.1) is 17.7 Å². The van der Waals surface area contributed by atoms with Crippen LogP contribution in [0.2, 0.25) is 0 Å². The number of para-hydroxylation sites is 1. The molecule has 0 unspecified atom stereocenters. The Kier molecular flexibility index (Phi) is 7.79. The van der Waals surface area contributed by atoms with Gasteiger partial charge in [0.25, 0.3) is 23.4 Å². The molecular weight excluding hydrogens is 544 g/mol. The average Bonchev–Trinajstić information content (AvgIpc) is 3.22. The van der Waals surface area contributed by atoms with Crippen LogP contribution >= 0.6 is 11.8 Å². The molecule has 1 aliphatic heterocycles. The van der Waals surface area contributed by atoms with Crippen molar-refractivity contribution >= 4 is 52.2 Å². The maximum atomic E-state index is 13.6. The largest absolute Gasteiger partial charge is 0.497 e. The van der Waals surface area contributed by atoms with E-state index in [1.807, 2.05) is 0 Å². The summed E-state index contributed by atoms with van der Waals surface area (Å²) in [6.07, 6.45) is 0. The second-order valence-corrected chi connectivity index (χ2v) is 9.81. The summed E-state index contributed by atoms with van der Waals surface area (Å²) in [6.45, 7) is 0. The van der Waals surface area contributed by atoms with Crippen molar-refractivity contribution in [3.05, 3.63) is 129 Å². The van der Waals surface area contributed by atoms with Crippen molar-refractivity contribution in [3.63, 3.8) is 0 Å². The Morgan fingerprint density at radius 1 is 0.854 bits per heavy atom. The van der Waals surface area contributed by atoms with E-state index < -0.39 is 22.6 Å². The van der Waals surface area contributed by atoms with Gasteiger partial charge in [0.1, 0.15) is 16.4 Å². The van der Waals surface area contributed by atoms with Crippen molar-refractivity contribution < 1.29 is 24.0 Å². The zero-order valence-electron chi connectivity index (χ0n) is 21.6. The van der Waals surface area contributed by atoms with E-state index in [1.54, 1.807) is 86.0 Å². The minimum Gasteiger partial charge on any atom is -0.497 e. The number of benzene rings is 4. The number of nitro groups is 1. The first-order valence-electron chi connectivity index (χ1n) is 12.3.